The van der Waals surface area contributed by atoms with Crippen molar-refractivity contribution in [2.24, 2.45) is 0 Å². The lowest BCUT2D eigenvalue weighted by atomic mass is 10.2. The maximum absolute atomic E-state index is 11.1. The Morgan fingerprint density at radius 1 is 1.44 bits per heavy atom. The summed E-state index contributed by atoms with van der Waals surface area (Å²) in [6.45, 7) is 2.50. The van der Waals surface area contributed by atoms with Gasteiger partial charge in [0, 0.05) is 22.8 Å². The summed E-state index contributed by atoms with van der Waals surface area (Å²) in [4.78, 5) is 12.3. The molecule has 1 atom stereocenters. The van der Waals surface area contributed by atoms with Crippen molar-refractivity contribution in [3.05, 3.63) is 29.8 Å². The standard InChI is InChI=1S/C13H16O2S/c1-10(14)11-4-6-13(7-5-11)16-9-12-3-2-8-15-12/h4-7,12H,2-3,8-9H2,1H3. The van der Waals surface area contributed by atoms with Crippen LogP contribution in [0.5, 0.6) is 0 Å². The number of thioether (sulfide) groups is 1. The van der Waals surface area contributed by atoms with Crippen LogP contribution in [0.25, 0.3) is 0 Å². The lowest BCUT2D eigenvalue weighted by Crippen LogP contribution is -2.07. The van der Waals surface area contributed by atoms with Crippen molar-refractivity contribution in [1.82, 2.24) is 0 Å². The van der Waals surface area contributed by atoms with Gasteiger partial charge in [0.1, 0.15) is 0 Å². The number of ketones is 1. The van der Waals surface area contributed by atoms with Crippen LogP contribution in [-0.2, 0) is 4.74 Å². The third-order valence-electron chi connectivity index (χ3n) is 2.72. The van der Waals surface area contributed by atoms with E-state index in [0.29, 0.717) is 6.10 Å². The van der Waals surface area contributed by atoms with Gasteiger partial charge in [0.15, 0.2) is 5.78 Å². The van der Waals surface area contributed by atoms with Gasteiger partial charge in [0.2, 0.25) is 0 Å². The van der Waals surface area contributed by atoms with Crippen molar-refractivity contribution in [2.75, 3.05) is 12.4 Å². The van der Waals surface area contributed by atoms with Crippen LogP contribution in [-0.4, -0.2) is 24.2 Å². The molecule has 0 spiro atoms. The Kier molecular flexibility index (Phi) is 4.02. The zero-order valence-corrected chi connectivity index (χ0v) is 10.3. The first-order chi connectivity index (χ1) is 7.75. The predicted molar refractivity (Wildman–Crippen MR) is 66.1 cm³/mol. The molecule has 0 N–H and O–H groups in total. The van der Waals surface area contributed by atoms with Crippen molar-refractivity contribution in [3.63, 3.8) is 0 Å². The zero-order chi connectivity index (χ0) is 11.4. The number of rotatable bonds is 4. The van der Waals surface area contributed by atoms with E-state index < -0.39 is 0 Å². The van der Waals surface area contributed by atoms with E-state index in [-0.39, 0.29) is 5.78 Å². The molecule has 0 saturated carbocycles. The van der Waals surface area contributed by atoms with Gasteiger partial charge in [-0.05, 0) is 31.9 Å². The summed E-state index contributed by atoms with van der Waals surface area (Å²) in [7, 11) is 0. The van der Waals surface area contributed by atoms with Crippen LogP contribution >= 0.6 is 11.8 Å². The van der Waals surface area contributed by atoms with Gasteiger partial charge in [-0.3, -0.25) is 4.79 Å². The van der Waals surface area contributed by atoms with Gasteiger partial charge in [-0.1, -0.05) is 12.1 Å². The molecule has 1 aromatic rings. The molecule has 3 heteroatoms. The lowest BCUT2D eigenvalue weighted by Gasteiger charge is -2.08. The SMILES string of the molecule is CC(=O)c1ccc(SCC2CCCO2)cc1. The second-order valence-electron chi connectivity index (χ2n) is 4.03. The first-order valence-corrected chi connectivity index (χ1v) is 6.59. The van der Waals surface area contributed by atoms with Crippen molar-refractivity contribution in [1.29, 1.82) is 0 Å². The first-order valence-electron chi connectivity index (χ1n) is 5.61. The molecule has 1 aliphatic rings. The lowest BCUT2D eigenvalue weighted by molar-refractivity contribution is 0.101. The summed E-state index contributed by atoms with van der Waals surface area (Å²) in [5.74, 6) is 1.13. The molecule has 0 bridgehead atoms. The van der Waals surface area contributed by atoms with Gasteiger partial charge in [-0.25, -0.2) is 0 Å². The van der Waals surface area contributed by atoms with E-state index in [1.807, 2.05) is 24.3 Å². The first kappa shape index (κ1) is 11.7. The van der Waals surface area contributed by atoms with E-state index in [1.165, 1.54) is 17.7 Å². The van der Waals surface area contributed by atoms with Gasteiger partial charge in [0.25, 0.3) is 0 Å². The average Bonchev–Trinajstić information content (AvgIpc) is 2.80. The molecule has 2 nitrogen and oxygen atoms in total. The fraction of sp³-hybridized carbons (Fsp3) is 0.462. The molecule has 1 unspecified atom stereocenters. The molecule has 0 aliphatic carbocycles. The molecule has 0 radical (unpaired) electrons. The number of hydrogen-bond acceptors (Lipinski definition) is 3. The van der Waals surface area contributed by atoms with Crippen molar-refractivity contribution >= 4 is 17.5 Å². The molecule has 16 heavy (non-hydrogen) atoms. The van der Waals surface area contributed by atoms with Crippen LogP contribution in [0.15, 0.2) is 29.2 Å². The maximum atomic E-state index is 11.1. The zero-order valence-electron chi connectivity index (χ0n) is 9.44. The second kappa shape index (κ2) is 5.51. The van der Waals surface area contributed by atoms with Gasteiger partial charge >= 0.3 is 0 Å². The molecule has 1 aromatic carbocycles. The van der Waals surface area contributed by atoms with E-state index in [4.69, 9.17) is 4.74 Å². The highest BCUT2D eigenvalue weighted by Gasteiger charge is 2.15. The summed E-state index contributed by atoms with van der Waals surface area (Å²) < 4.78 is 5.56. The van der Waals surface area contributed by atoms with Crippen molar-refractivity contribution in [3.8, 4) is 0 Å². The summed E-state index contributed by atoms with van der Waals surface area (Å²) in [5, 5.41) is 0. The molecule has 1 saturated heterocycles. The monoisotopic (exact) mass is 236 g/mol. The minimum atomic E-state index is 0.121. The summed E-state index contributed by atoms with van der Waals surface area (Å²) in [6, 6.07) is 7.80. The fourth-order valence-electron chi connectivity index (χ4n) is 1.75. The van der Waals surface area contributed by atoms with Crippen LogP contribution in [0, 0.1) is 0 Å². The van der Waals surface area contributed by atoms with E-state index in [9.17, 15) is 4.79 Å². The number of carbonyl (C=O) groups is 1. The quantitative estimate of drug-likeness (QED) is 0.593. The Morgan fingerprint density at radius 2 is 2.19 bits per heavy atom. The van der Waals surface area contributed by atoms with E-state index in [2.05, 4.69) is 0 Å². The number of ether oxygens (including phenoxy) is 1. The topological polar surface area (TPSA) is 26.3 Å². The van der Waals surface area contributed by atoms with Gasteiger partial charge < -0.3 is 4.74 Å². The molecular weight excluding hydrogens is 220 g/mol. The van der Waals surface area contributed by atoms with Crippen molar-refractivity contribution in [2.45, 2.75) is 30.8 Å². The Balaban J connectivity index is 1.87. The minimum Gasteiger partial charge on any atom is -0.377 e. The minimum absolute atomic E-state index is 0.121. The summed E-state index contributed by atoms with van der Waals surface area (Å²) in [6.07, 6.45) is 2.78. The van der Waals surface area contributed by atoms with Crippen LogP contribution in [0.1, 0.15) is 30.1 Å². The average molecular weight is 236 g/mol. The molecule has 0 aromatic heterocycles. The van der Waals surface area contributed by atoms with E-state index in [0.717, 1.165) is 17.9 Å². The van der Waals surface area contributed by atoms with Gasteiger partial charge in [0.05, 0.1) is 6.10 Å². The number of hydrogen-bond donors (Lipinski definition) is 0. The van der Waals surface area contributed by atoms with Crippen LogP contribution in [0.3, 0.4) is 0 Å². The molecule has 0 amide bonds. The highest BCUT2D eigenvalue weighted by atomic mass is 32.2. The Labute approximate surface area is 100 Å². The third kappa shape index (κ3) is 3.09. The van der Waals surface area contributed by atoms with Crippen LogP contribution < -0.4 is 0 Å². The molecule has 1 aliphatic heterocycles. The summed E-state index contributed by atoms with van der Waals surface area (Å²) in [5.41, 5.74) is 0.779. The molecule has 2 rings (SSSR count). The van der Waals surface area contributed by atoms with E-state index >= 15 is 0 Å². The smallest absolute Gasteiger partial charge is 0.159 e. The largest absolute Gasteiger partial charge is 0.377 e. The molecule has 1 fully saturated rings. The molecular formula is C13H16O2S. The second-order valence-corrected chi connectivity index (χ2v) is 5.12. The fourth-order valence-corrected chi connectivity index (χ4v) is 2.72. The highest BCUT2D eigenvalue weighted by molar-refractivity contribution is 7.99. The van der Waals surface area contributed by atoms with Crippen molar-refractivity contribution < 1.29 is 9.53 Å². The Hall–Kier alpha value is -0.800. The van der Waals surface area contributed by atoms with Crippen LogP contribution in [0.4, 0.5) is 0 Å². The Bertz CT molecular complexity index is 353. The predicted octanol–water partition coefficient (Wildman–Crippen LogP) is 3.16. The normalized spacial score (nSPS) is 19.9. The number of Topliss-reactive ketones (excluding diaryl/α,β-unsaturated/α-hetero) is 1. The maximum Gasteiger partial charge on any atom is 0.159 e. The Morgan fingerprint density at radius 3 is 2.75 bits per heavy atom. The number of benzene rings is 1. The van der Waals surface area contributed by atoms with Gasteiger partial charge in [-0.2, -0.15) is 0 Å². The molecule has 1 heterocycles. The van der Waals surface area contributed by atoms with Gasteiger partial charge in [-0.15, -0.1) is 11.8 Å². The summed E-state index contributed by atoms with van der Waals surface area (Å²) >= 11 is 1.80. The highest BCUT2D eigenvalue weighted by Crippen LogP contribution is 2.24. The molecule has 86 valence electrons. The van der Waals surface area contributed by atoms with E-state index in [1.54, 1.807) is 18.7 Å². The number of carbonyl (C=O) groups excluding carboxylic acids is 1. The third-order valence-corrected chi connectivity index (χ3v) is 3.86. The van der Waals surface area contributed by atoms with Crippen LogP contribution in [0.2, 0.25) is 0 Å².